The average Bonchev–Trinajstić information content (AvgIpc) is 3.18. The normalized spacial score (nSPS) is 11.8. The first-order valence-electron chi connectivity index (χ1n) is 9.70. The number of fused-ring (bicyclic) bond motifs is 3. The van der Waals surface area contributed by atoms with E-state index in [9.17, 15) is 0 Å². The first-order valence-corrected chi connectivity index (χ1v) is 9.70. The second kappa shape index (κ2) is 7.33. The molecule has 4 aromatic carbocycles. The highest BCUT2D eigenvalue weighted by Gasteiger charge is 2.14. The summed E-state index contributed by atoms with van der Waals surface area (Å²) in [5.74, 6) is 0.369. The Bertz CT molecular complexity index is 1410. The second-order valence-corrected chi connectivity index (χ2v) is 7.07. The zero-order chi connectivity index (χ0) is 20.5. The molecule has 3 N–H and O–H groups in total. The topological polar surface area (TPSA) is 75.4 Å². The van der Waals surface area contributed by atoms with Gasteiger partial charge in [-0.2, -0.15) is 0 Å². The Labute approximate surface area is 173 Å². The Morgan fingerprint density at radius 1 is 0.733 bits per heavy atom. The van der Waals surface area contributed by atoms with E-state index in [1.165, 1.54) is 0 Å². The standard InChI is InChI=1S/C26H19N3O/c27-25(19-11-6-10-18(16-19)17-8-2-1-3-9-17)29-26(28)22-14-7-13-21-20-12-4-5-15-23(20)30-24(21)22/h1-16H,(H3,27,28,29). The summed E-state index contributed by atoms with van der Waals surface area (Å²) in [5, 5.41) is 10.5. The van der Waals surface area contributed by atoms with Crippen LogP contribution in [0, 0.1) is 5.41 Å². The number of hydrogen-bond acceptors (Lipinski definition) is 2. The Hall–Kier alpha value is -4.18. The van der Waals surface area contributed by atoms with Crippen LogP contribution in [0.1, 0.15) is 11.1 Å². The number of furan rings is 1. The number of rotatable bonds is 3. The molecule has 4 heteroatoms. The predicted molar refractivity (Wildman–Crippen MR) is 123 cm³/mol. The van der Waals surface area contributed by atoms with E-state index in [1.807, 2.05) is 84.9 Å². The van der Waals surface area contributed by atoms with E-state index in [4.69, 9.17) is 15.6 Å². The van der Waals surface area contributed by atoms with Gasteiger partial charge in [0.2, 0.25) is 0 Å². The highest BCUT2D eigenvalue weighted by atomic mass is 16.3. The van der Waals surface area contributed by atoms with Crippen molar-refractivity contribution in [2.45, 2.75) is 0 Å². The van der Waals surface area contributed by atoms with Crippen LogP contribution in [0.2, 0.25) is 0 Å². The van der Waals surface area contributed by atoms with Crippen molar-refractivity contribution in [3.8, 4) is 11.1 Å². The van der Waals surface area contributed by atoms with Crippen LogP contribution in [0.3, 0.4) is 0 Å². The molecule has 0 amide bonds. The second-order valence-electron chi connectivity index (χ2n) is 7.07. The molecule has 144 valence electrons. The smallest absolute Gasteiger partial charge is 0.158 e. The molecule has 5 aromatic rings. The fourth-order valence-corrected chi connectivity index (χ4v) is 3.67. The number of nitrogens with one attached hydrogen (secondary N) is 1. The average molecular weight is 389 g/mol. The lowest BCUT2D eigenvalue weighted by Crippen LogP contribution is -2.16. The van der Waals surface area contributed by atoms with E-state index < -0.39 is 0 Å². The predicted octanol–water partition coefficient (Wildman–Crippen LogP) is 5.98. The highest BCUT2D eigenvalue weighted by molar-refractivity contribution is 6.17. The number of nitrogens with zero attached hydrogens (tertiary/aromatic N) is 1. The molecule has 0 bridgehead atoms. The molecule has 30 heavy (non-hydrogen) atoms. The fourth-order valence-electron chi connectivity index (χ4n) is 3.67. The van der Waals surface area contributed by atoms with E-state index in [1.54, 1.807) is 0 Å². The largest absolute Gasteiger partial charge is 0.455 e. The number of benzene rings is 4. The molecule has 0 saturated heterocycles. The van der Waals surface area contributed by atoms with Gasteiger partial charge in [0.05, 0.1) is 5.56 Å². The van der Waals surface area contributed by atoms with Crippen LogP contribution < -0.4 is 5.73 Å². The van der Waals surface area contributed by atoms with Crippen molar-refractivity contribution in [1.82, 2.24) is 0 Å². The zero-order valence-corrected chi connectivity index (χ0v) is 16.2. The molecule has 1 heterocycles. The molecular formula is C26H19N3O. The van der Waals surface area contributed by atoms with Crippen LogP contribution in [-0.4, -0.2) is 11.7 Å². The van der Waals surface area contributed by atoms with Crippen molar-refractivity contribution < 1.29 is 4.42 Å². The zero-order valence-electron chi connectivity index (χ0n) is 16.2. The van der Waals surface area contributed by atoms with Gasteiger partial charge in [0.25, 0.3) is 0 Å². The van der Waals surface area contributed by atoms with Crippen LogP contribution in [0.25, 0.3) is 33.1 Å². The maximum Gasteiger partial charge on any atom is 0.158 e. The minimum absolute atomic E-state index is 0.0715. The summed E-state index contributed by atoms with van der Waals surface area (Å²) in [7, 11) is 0. The molecule has 0 saturated carbocycles. The Balaban J connectivity index is 1.53. The number of hydrogen-bond donors (Lipinski definition) is 2. The molecule has 0 aliphatic heterocycles. The van der Waals surface area contributed by atoms with Gasteiger partial charge >= 0.3 is 0 Å². The van der Waals surface area contributed by atoms with Gasteiger partial charge in [0, 0.05) is 16.3 Å². The third-order valence-electron chi connectivity index (χ3n) is 5.16. The van der Waals surface area contributed by atoms with Gasteiger partial charge in [-0.3, -0.25) is 5.41 Å². The van der Waals surface area contributed by atoms with Crippen LogP contribution in [0.5, 0.6) is 0 Å². The van der Waals surface area contributed by atoms with Crippen molar-refractivity contribution in [3.63, 3.8) is 0 Å². The number of aliphatic imine (C=N–C) groups is 1. The minimum Gasteiger partial charge on any atom is -0.455 e. The number of amidine groups is 2. The quantitative estimate of drug-likeness (QED) is 0.294. The fraction of sp³-hybridized carbons (Fsp3) is 0. The molecule has 0 unspecified atom stereocenters. The summed E-state index contributed by atoms with van der Waals surface area (Å²) in [5.41, 5.74) is 11.3. The van der Waals surface area contributed by atoms with Gasteiger partial charge in [-0.1, -0.05) is 78.9 Å². The molecular weight excluding hydrogens is 370 g/mol. The van der Waals surface area contributed by atoms with E-state index >= 15 is 0 Å². The first-order chi connectivity index (χ1) is 14.7. The summed E-state index contributed by atoms with van der Waals surface area (Å²) in [6.45, 7) is 0. The first kappa shape index (κ1) is 17.9. The SMILES string of the molecule is N=C(N=C(N)c1cccc(-c2ccccc2)c1)c1cccc2c1oc1ccccc12. The van der Waals surface area contributed by atoms with E-state index in [2.05, 4.69) is 17.1 Å². The summed E-state index contributed by atoms with van der Waals surface area (Å²) < 4.78 is 6.02. The number of para-hydroxylation sites is 2. The molecule has 1 aromatic heterocycles. The van der Waals surface area contributed by atoms with E-state index in [0.29, 0.717) is 17.0 Å². The van der Waals surface area contributed by atoms with Gasteiger partial charge in [-0.05, 0) is 29.3 Å². The van der Waals surface area contributed by atoms with Gasteiger partial charge in [0.1, 0.15) is 17.0 Å². The van der Waals surface area contributed by atoms with Crippen LogP contribution >= 0.6 is 0 Å². The molecule has 0 aliphatic carbocycles. The van der Waals surface area contributed by atoms with Crippen LogP contribution in [0.15, 0.2) is 106 Å². The monoisotopic (exact) mass is 389 g/mol. The van der Waals surface area contributed by atoms with Crippen LogP contribution in [-0.2, 0) is 0 Å². The lowest BCUT2D eigenvalue weighted by atomic mass is 10.0. The van der Waals surface area contributed by atoms with E-state index in [0.717, 1.165) is 33.0 Å². The minimum atomic E-state index is 0.0715. The molecule has 4 nitrogen and oxygen atoms in total. The Kier molecular flexibility index (Phi) is 4.37. The third-order valence-corrected chi connectivity index (χ3v) is 5.16. The summed E-state index contributed by atoms with van der Waals surface area (Å²) in [6, 6.07) is 31.6. The lowest BCUT2D eigenvalue weighted by molar-refractivity contribution is 0.668. The van der Waals surface area contributed by atoms with Crippen LogP contribution in [0.4, 0.5) is 0 Å². The van der Waals surface area contributed by atoms with Gasteiger partial charge in [0.15, 0.2) is 5.84 Å². The highest BCUT2D eigenvalue weighted by Crippen LogP contribution is 2.31. The maximum atomic E-state index is 8.56. The van der Waals surface area contributed by atoms with Gasteiger partial charge in [-0.15, -0.1) is 0 Å². The molecule has 0 spiro atoms. The Morgan fingerprint density at radius 3 is 2.30 bits per heavy atom. The van der Waals surface area contributed by atoms with Crippen molar-refractivity contribution >= 4 is 33.6 Å². The number of nitrogens with two attached hydrogens (primary N) is 1. The maximum absolute atomic E-state index is 8.56. The van der Waals surface area contributed by atoms with Crippen molar-refractivity contribution in [3.05, 3.63) is 108 Å². The molecule has 5 rings (SSSR count). The summed E-state index contributed by atoms with van der Waals surface area (Å²) in [6.07, 6.45) is 0. The molecule has 0 atom stereocenters. The third kappa shape index (κ3) is 3.14. The van der Waals surface area contributed by atoms with Gasteiger partial charge < -0.3 is 10.2 Å². The Morgan fingerprint density at radius 2 is 1.43 bits per heavy atom. The van der Waals surface area contributed by atoms with E-state index in [-0.39, 0.29) is 5.84 Å². The summed E-state index contributed by atoms with van der Waals surface area (Å²) >= 11 is 0. The molecule has 0 fully saturated rings. The lowest BCUT2D eigenvalue weighted by Gasteiger charge is -2.06. The molecule has 0 radical (unpaired) electrons. The molecule has 0 aliphatic rings. The van der Waals surface area contributed by atoms with Gasteiger partial charge in [-0.25, -0.2) is 4.99 Å². The summed E-state index contributed by atoms with van der Waals surface area (Å²) in [4.78, 5) is 4.39. The van der Waals surface area contributed by atoms with Crippen molar-refractivity contribution in [1.29, 1.82) is 5.41 Å². The van der Waals surface area contributed by atoms with Crippen molar-refractivity contribution in [2.24, 2.45) is 10.7 Å². The van der Waals surface area contributed by atoms with Crippen molar-refractivity contribution in [2.75, 3.05) is 0 Å².